The Labute approximate surface area is 74.3 Å². The molecule has 1 aliphatic heterocycles. The van der Waals surface area contributed by atoms with Crippen molar-refractivity contribution in [3.63, 3.8) is 0 Å². The largest absolute Gasteiger partial charge is 0.389 e. The summed E-state index contributed by atoms with van der Waals surface area (Å²) in [7, 11) is 0. The van der Waals surface area contributed by atoms with Gasteiger partial charge in [-0.05, 0) is 20.8 Å². The first-order valence-corrected chi connectivity index (χ1v) is 4.53. The quantitative estimate of drug-likeness (QED) is 0.659. The standard InChI is InChI=1S/C9H19NO2/c1-8-6-12-5-4-10(8)7-9(2,3)11/h8,11H,4-7H2,1-3H3. The van der Waals surface area contributed by atoms with Gasteiger partial charge >= 0.3 is 0 Å². The number of hydrogen-bond acceptors (Lipinski definition) is 3. The molecule has 12 heavy (non-hydrogen) atoms. The van der Waals surface area contributed by atoms with Gasteiger partial charge in [0.25, 0.3) is 0 Å². The number of hydrogen-bond donors (Lipinski definition) is 1. The van der Waals surface area contributed by atoms with E-state index in [9.17, 15) is 5.11 Å². The van der Waals surface area contributed by atoms with Crippen molar-refractivity contribution in [2.75, 3.05) is 26.3 Å². The smallest absolute Gasteiger partial charge is 0.0718 e. The molecule has 1 aliphatic rings. The first kappa shape index (κ1) is 9.96. The molecule has 3 heteroatoms. The van der Waals surface area contributed by atoms with Crippen molar-refractivity contribution < 1.29 is 9.84 Å². The van der Waals surface area contributed by atoms with Crippen LogP contribution in [0.1, 0.15) is 20.8 Å². The summed E-state index contributed by atoms with van der Waals surface area (Å²) in [6.07, 6.45) is 0. The van der Waals surface area contributed by atoms with Crippen molar-refractivity contribution in [2.24, 2.45) is 0 Å². The Hall–Kier alpha value is -0.120. The molecular weight excluding hydrogens is 154 g/mol. The highest BCUT2D eigenvalue weighted by Gasteiger charge is 2.24. The van der Waals surface area contributed by atoms with Gasteiger partial charge in [0.15, 0.2) is 0 Å². The van der Waals surface area contributed by atoms with Crippen molar-refractivity contribution in [3.8, 4) is 0 Å². The molecule has 1 rings (SSSR count). The van der Waals surface area contributed by atoms with Gasteiger partial charge in [-0.1, -0.05) is 0 Å². The Balaban J connectivity index is 2.39. The average Bonchev–Trinajstić information content (AvgIpc) is 1.91. The molecule has 0 aliphatic carbocycles. The predicted octanol–water partition coefficient (Wildman–Crippen LogP) is 0.478. The minimum absolute atomic E-state index is 0.435. The van der Waals surface area contributed by atoms with E-state index in [1.165, 1.54) is 0 Å². The average molecular weight is 173 g/mol. The van der Waals surface area contributed by atoms with Crippen LogP contribution < -0.4 is 0 Å². The molecule has 1 heterocycles. The fourth-order valence-corrected chi connectivity index (χ4v) is 1.49. The molecule has 3 nitrogen and oxygen atoms in total. The van der Waals surface area contributed by atoms with E-state index in [1.807, 2.05) is 13.8 Å². The van der Waals surface area contributed by atoms with E-state index in [-0.39, 0.29) is 0 Å². The fraction of sp³-hybridized carbons (Fsp3) is 1.00. The summed E-state index contributed by atoms with van der Waals surface area (Å²) in [4.78, 5) is 2.27. The molecule has 72 valence electrons. The summed E-state index contributed by atoms with van der Waals surface area (Å²) in [6, 6.07) is 0.435. The zero-order valence-corrected chi connectivity index (χ0v) is 8.21. The van der Waals surface area contributed by atoms with Crippen LogP contribution in [0.15, 0.2) is 0 Å². The molecule has 0 bridgehead atoms. The lowest BCUT2D eigenvalue weighted by molar-refractivity contribution is -0.0418. The third-order valence-electron chi connectivity index (χ3n) is 2.10. The number of morpholine rings is 1. The maximum atomic E-state index is 9.61. The highest BCUT2D eigenvalue weighted by Crippen LogP contribution is 2.11. The summed E-state index contributed by atoms with van der Waals surface area (Å²) >= 11 is 0. The molecule has 1 saturated heterocycles. The van der Waals surface area contributed by atoms with Crippen LogP contribution in [0, 0.1) is 0 Å². The summed E-state index contributed by atoms with van der Waals surface area (Å²) < 4.78 is 5.30. The third kappa shape index (κ3) is 3.09. The second-order valence-corrected chi connectivity index (χ2v) is 4.21. The van der Waals surface area contributed by atoms with Gasteiger partial charge in [0.05, 0.1) is 18.8 Å². The molecule has 1 unspecified atom stereocenters. The molecular formula is C9H19NO2. The minimum Gasteiger partial charge on any atom is -0.389 e. The van der Waals surface area contributed by atoms with Crippen LogP contribution in [0.5, 0.6) is 0 Å². The summed E-state index contributed by atoms with van der Waals surface area (Å²) in [5, 5.41) is 9.61. The molecule has 0 aromatic heterocycles. The lowest BCUT2D eigenvalue weighted by Crippen LogP contribution is -2.49. The lowest BCUT2D eigenvalue weighted by atomic mass is 10.1. The van der Waals surface area contributed by atoms with Crippen LogP contribution in [0.3, 0.4) is 0 Å². The summed E-state index contributed by atoms with van der Waals surface area (Å²) in [5.74, 6) is 0. The number of ether oxygens (including phenoxy) is 1. The monoisotopic (exact) mass is 173 g/mol. The zero-order chi connectivity index (χ0) is 9.19. The molecule has 0 aromatic rings. The first-order chi connectivity index (χ1) is 5.49. The van der Waals surface area contributed by atoms with Crippen molar-refractivity contribution >= 4 is 0 Å². The topological polar surface area (TPSA) is 32.7 Å². The van der Waals surface area contributed by atoms with E-state index >= 15 is 0 Å². The highest BCUT2D eigenvalue weighted by molar-refractivity contribution is 4.78. The third-order valence-corrected chi connectivity index (χ3v) is 2.10. The lowest BCUT2D eigenvalue weighted by Gasteiger charge is -2.36. The molecule has 1 N–H and O–H groups in total. The maximum absolute atomic E-state index is 9.61. The first-order valence-electron chi connectivity index (χ1n) is 4.53. The van der Waals surface area contributed by atoms with Crippen LogP contribution >= 0.6 is 0 Å². The van der Waals surface area contributed by atoms with Gasteiger partial charge in [0, 0.05) is 19.1 Å². The second kappa shape index (κ2) is 3.73. The van der Waals surface area contributed by atoms with Gasteiger partial charge in [-0.25, -0.2) is 0 Å². The number of β-amino-alcohol motifs (C(OH)–C–C–N with tert-alkyl or cyclic N) is 1. The van der Waals surface area contributed by atoms with Gasteiger partial charge in [-0.2, -0.15) is 0 Å². The molecule has 1 atom stereocenters. The van der Waals surface area contributed by atoms with Gasteiger partial charge < -0.3 is 9.84 Å². The predicted molar refractivity (Wildman–Crippen MR) is 48.2 cm³/mol. The van der Waals surface area contributed by atoms with E-state index in [4.69, 9.17) is 4.74 Å². The van der Waals surface area contributed by atoms with Crippen LogP contribution in [0.2, 0.25) is 0 Å². The maximum Gasteiger partial charge on any atom is 0.0718 e. The van der Waals surface area contributed by atoms with Crippen molar-refractivity contribution in [1.29, 1.82) is 0 Å². The van der Waals surface area contributed by atoms with E-state index < -0.39 is 5.60 Å². The Kier molecular flexibility index (Phi) is 3.09. The van der Waals surface area contributed by atoms with Crippen LogP contribution in [-0.2, 0) is 4.74 Å². The number of aliphatic hydroxyl groups is 1. The van der Waals surface area contributed by atoms with E-state index in [0.717, 1.165) is 26.3 Å². The minimum atomic E-state index is -0.592. The van der Waals surface area contributed by atoms with E-state index in [2.05, 4.69) is 11.8 Å². The Morgan fingerprint density at radius 2 is 2.25 bits per heavy atom. The zero-order valence-electron chi connectivity index (χ0n) is 8.21. The van der Waals surface area contributed by atoms with Crippen LogP contribution in [-0.4, -0.2) is 48.0 Å². The van der Waals surface area contributed by atoms with Crippen molar-refractivity contribution in [1.82, 2.24) is 4.90 Å². The number of rotatable bonds is 2. The van der Waals surface area contributed by atoms with E-state index in [0.29, 0.717) is 6.04 Å². The van der Waals surface area contributed by atoms with Crippen LogP contribution in [0.4, 0.5) is 0 Å². The van der Waals surface area contributed by atoms with Gasteiger partial charge in [0.2, 0.25) is 0 Å². The molecule has 0 amide bonds. The molecule has 1 fully saturated rings. The molecule has 0 spiro atoms. The number of nitrogens with zero attached hydrogens (tertiary/aromatic N) is 1. The molecule has 0 aromatic carbocycles. The molecule has 0 radical (unpaired) electrons. The summed E-state index contributed by atoms with van der Waals surface area (Å²) in [5.41, 5.74) is -0.592. The highest BCUT2D eigenvalue weighted by atomic mass is 16.5. The van der Waals surface area contributed by atoms with E-state index in [1.54, 1.807) is 0 Å². The Morgan fingerprint density at radius 3 is 2.75 bits per heavy atom. The Bertz CT molecular complexity index is 142. The second-order valence-electron chi connectivity index (χ2n) is 4.21. The van der Waals surface area contributed by atoms with Gasteiger partial charge in [-0.15, -0.1) is 0 Å². The van der Waals surface area contributed by atoms with Crippen molar-refractivity contribution in [3.05, 3.63) is 0 Å². The molecule has 0 saturated carbocycles. The van der Waals surface area contributed by atoms with Gasteiger partial charge in [-0.3, -0.25) is 4.90 Å². The Morgan fingerprint density at radius 1 is 1.58 bits per heavy atom. The SMILES string of the molecule is CC1COCCN1CC(C)(C)O. The normalized spacial score (nSPS) is 27.5. The van der Waals surface area contributed by atoms with Crippen molar-refractivity contribution in [2.45, 2.75) is 32.4 Å². The van der Waals surface area contributed by atoms with Gasteiger partial charge in [0.1, 0.15) is 0 Å². The van der Waals surface area contributed by atoms with Crippen LogP contribution in [0.25, 0.3) is 0 Å². The summed E-state index contributed by atoms with van der Waals surface area (Å²) in [6.45, 7) is 9.06. The fourth-order valence-electron chi connectivity index (χ4n) is 1.49.